The lowest BCUT2D eigenvalue weighted by molar-refractivity contribution is -0.137. The number of sulfonamides is 1. The molecule has 0 bridgehead atoms. The summed E-state index contributed by atoms with van der Waals surface area (Å²) in [4.78, 5) is 14.3. The molecule has 9 nitrogen and oxygen atoms in total. The van der Waals surface area contributed by atoms with Crippen molar-refractivity contribution >= 4 is 26.6 Å². The largest absolute Gasteiger partial charge is 0.505 e. The zero-order valence-electron chi connectivity index (χ0n) is 13.4. The van der Waals surface area contributed by atoms with Gasteiger partial charge in [-0.2, -0.15) is 13.2 Å². The van der Waals surface area contributed by atoms with E-state index in [0.717, 1.165) is 24.6 Å². The van der Waals surface area contributed by atoms with E-state index in [4.69, 9.17) is 0 Å². The Balaban J connectivity index is 2.41. The maximum Gasteiger partial charge on any atom is 0.417 e. The van der Waals surface area contributed by atoms with E-state index in [9.17, 15) is 36.7 Å². The molecule has 0 amide bonds. The predicted molar refractivity (Wildman–Crippen MR) is 88.1 cm³/mol. The monoisotopic (exact) mass is 404 g/mol. The molecule has 3 aromatic rings. The number of benzene rings is 1. The van der Waals surface area contributed by atoms with Crippen LogP contribution in [-0.4, -0.2) is 39.9 Å². The summed E-state index contributed by atoms with van der Waals surface area (Å²) in [6.45, 7) is 0. The summed E-state index contributed by atoms with van der Waals surface area (Å²) in [6, 6.07) is 2.54. The number of halogens is 3. The summed E-state index contributed by atoms with van der Waals surface area (Å²) in [5.74, 6) is -0.863. The van der Waals surface area contributed by atoms with Gasteiger partial charge in [-0.05, 0) is 18.2 Å². The zero-order valence-corrected chi connectivity index (χ0v) is 14.2. The highest BCUT2D eigenvalue weighted by molar-refractivity contribution is 7.92. The van der Waals surface area contributed by atoms with Crippen LogP contribution in [0.4, 0.5) is 18.9 Å². The molecule has 13 heteroatoms. The van der Waals surface area contributed by atoms with E-state index in [2.05, 4.69) is 10.1 Å². The molecule has 0 aliphatic heterocycles. The van der Waals surface area contributed by atoms with Gasteiger partial charge in [0.2, 0.25) is 10.0 Å². The predicted octanol–water partition coefficient (Wildman–Crippen LogP) is 1.72. The van der Waals surface area contributed by atoms with Gasteiger partial charge in [0.1, 0.15) is 5.69 Å². The average molecular weight is 404 g/mol. The van der Waals surface area contributed by atoms with Crippen LogP contribution in [0, 0.1) is 0 Å². The summed E-state index contributed by atoms with van der Waals surface area (Å²) in [7, 11) is -3.95. The SMILES string of the molecule is CS(=O)(=O)Nc1c(O)c2cc(-c3ccnn3O)c(C(F)(F)F)cc2[nH]c1=O. The molecule has 4 N–H and O–H groups in total. The van der Waals surface area contributed by atoms with Gasteiger partial charge in [0.05, 0.1) is 23.5 Å². The Hall–Kier alpha value is -3.22. The Morgan fingerprint density at radius 2 is 1.96 bits per heavy atom. The molecule has 0 atom stereocenters. The lowest BCUT2D eigenvalue weighted by atomic mass is 10.00. The van der Waals surface area contributed by atoms with Gasteiger partial charge in [0.15, 0.2) is 11.4 Å². The summed E-state index contributed by atoms with van der Waals surface area (Å²) in [6.07, 6.45) is -3.06. The smallest absolute Gasteiger partial charge is 0.417 e. The summed E-state index contributed by atoms with van der Waals surface area (Å²) in [5, 5.41) is 23.0. The third-order valence-electron chi connectivity index (χ3n) is 3.62. The highest BCUT2D eigenvalue weighted by atomic mass is 32.2. The van der Waals surface area contributed by atoms with Crippen LogP contribution in [0.3, 0.4) is 0 Å². The van der Waals surface area contributed by atoms with Gasteiger partial charge in [0, 0.05) is 10.9 Å². The van der Waals surface area contributed by atoms with Crippen molar-refractivity contribution in [3.8, 4) is 17.0 Å². The summed E-state index contributed by atoms with van der Waals surface area (Å²) in [5.41, 5.74) is -4.32. The number of aromatic hydroxyl groups is 1. The maximum atomic E-state index is 13.4. The quantitative estimate of drug-likeness (QED) is 0.491. The first-order valence-electron chi connectivity index (χ1n) is 7.10. The minimum atomic E-state index is -4.86. The fourth-order valence-corrected chi connectivity index (χ4v) is 3.11. The van der Waals surface area contributed by atoms with Crippen LogP contribution in [0.25, 0.3) is 22.2 Å². The van der Waals surface area contributed by atoms with Gasteiger partial charge in [-0.15, -0.1) is 9.94 Å². The van der Waals surface area contributed by atoms with Crippen LogP contribution in [-0.2, 0) is 16.2 Å². The Morgan fingerprint density at radius 3 is 2.48 bits per heavy atom. The number of aromatic amines is 1. The number of nitrogens with one attached hydrogen (secondary N) is 2. The number of aromatic nitrogens is 3. The van der Waals surface area contributed by atoms with Crippen molar-refractivity contribution in [1.29, 1.82) is 0 Å². The molecule has 3 rings (SSSR count). The maximum absolute atomic E-state index is 13.4. The summed E-state index contributed by atoms with van der Waals surface area (Å²) >= 11 is 0. The highest BCUT2D eigenvalue weighted by Gasteiger charge is 2.35. The van der Waals surface area contributed by atoms with Crippen molar-refractivity contribution in [3.05, 3.63) is 40.3 Å². The molecule has 0 unspecified atom stereocenters. The number of rotatable bonds is 3. The second-order valence-electron chi connectivity index (χ2n) is 5.60. The third-order valence-corrected chi connectivity index (χ3v) is 4.19. The average Bonchev–Trinajstić information content (AvgIpc) is 2.94. The van der Waals surface area contributed by atoms with E-state index in [1.807, 2.05) is 4.72 Å². The number of hydrogen-bond donors (Lipinski definition) is 4. The zero-order chi connectivity index (χ0) is 20.1. The van der Waals surface area contributed by atoms with E-state index in [1.165, 1.54) is 0 Å². The van der Waals surface area contributed by atoms with Crippen molar-refractivity contribution in [1.82, 2.24) is 14.9 Å². The number of H-pyrrole nitrogens is 1. The number of fused-ring (bicyclic) bond motifs is 1. The Morgan fingerprint density at radius 1 is 1.30 bits per heavy atom. The van der Waals surface area contributed by atoms with Crippen molar-refractivity contribution < 1.29 is 31.9 Å². The van der Waals surface area contributed by atoms with Gasteiger partial charge >= 0.3 is 6.18 Å². The molecule has 27 heavy (non-hydrogen) atoms. The Bertz CT molecular complexity index is 1210. The van der Waals surface area contributed by atoms with E-state index < -0.39 is 44.3 Å². The minimum absolute atomic E-state index is 0.217. The molecular weight excluding hydrogens is 393 g/mol. The van der Waals surface area contributed by atoms with Gasteiger partial charge in [-0.1, -0.05) is 0 Å². The highest BCUT2D eigenvalue weighted by Crippen LogP contribution is 2.41. The number of hydrogen-bond acceptors (Lipinski definition) is 6. The fraction of sp³-hybridized carbons (Fsp3) is 0.143. The lowest BCUT2D eigenvalue weighted by Crippen LogP contribution is -2.19. The first-order valence-corrected chi connectivity index (χ1v) is 8.99. The molecule has 0 saturated heterocycles. The van der Waals surface area contributed by atoms with Crippen molar-refractivity contribution in [3.63, 3.8) is 0 Å². The molecular formula is C14H11F3N4O5S. The molecule has 0 radical (unpaired) electrons. The Kier molecular flexibility index (Phi) is 4.06. The Labute approximate surface area is 148 Å². The van der Waals surface area contributed by atoms with Gasteiger partial charge in [0.25, 0.3) is 5.56 Å². The van der Waals surface area contributed by atoms with Crippen LogP contribution in [0.15, 0.2) is 29.2 Å². The second kappa shape index (κ2) is 5.90. The first kappa shape index (κ1) is 18.6. The fourth-order valence-electron chi connectivity index (χ4n) is 2.55. The first-order chi connectivity index (χ1) is 12.4. The van der Waals surface area contributed by atoms with Crippen LogP contribution >= 0.6 is 0 Å². The van der Waals surface area contributed by atoms with Crippen LogP contribution in [0.1, 0.15) is 5.56 Å². The molecule has 0 fully saturated rings. The molecule has 0 aliphatic carbocycles. The van der Waals surface area contributed by atoms with E-state index >= 15 is 0 Å². The summed E-state index contributed by atoms with van der Waals surface area (Å²) < 4.78 is 64.9. The molecule has 0 saturated carbocycles. The van der Waals surface area contributed by atoms with Gasteiger partial charge < -0.3 is 15.3 Å². The molecule has 2 heterocycles. The number of pyridine rings is 1. The number of anilines is 1. The van der Waals surface area contributed by atoms with E-state index in [1.54, 1.807) is 0 Å². The van der Waals surface area contributed by atoms with Crippen molar-refractivity contribution in [2.24, 2.45) is 0 Å². The van der Waals surface area contributed by atoms with Gasteiger partial charge in [-0.25, -0.2) is 8.42 Å². The molecule has 1 aromatic carbocycles. The normalized spacial score (nSPS) is 12.4. The lowest BCUT2D eigenvalue weighted by Gasteiger charge is -2.15. The molecule has 0 aliphatic rings. The van der Waals surface area contributed by atoms with Gasteiger partial charge in [-0.3, -0.25) is 9.52 Å². The molecule has 144 valence electrons. The van der Waals surface area contributed by atoms with Crippen molar-refractivity contribution in [2.45, 2.75) is 6.18 Å². The van der Waals surface area contributed by atoms with Crippen LogP contribution < -0.4 is 10.3 Å². The molecule has 2 aromatic heterocycles. The van der Waals surface area contributed by atoms with Crippen LogP contribution in [0.5, 0.6) is 5.75 Å². The topological polar surface area (TPSA) is 137 Å². The number of alkyl halides is 3. The van der Waals surface area contributed by atoms with Crippen molar-refractivity contribution in [2.75, 3.05) is 11.0 Å². The van der Waals surface area contributed by atoms with E-state index in [-0.39, 0.29) is 21.4 Å². The second-order valence-corrected chi connectivity index (χ2v) is 7.35. The minimum Gasteiger partial charge on any atom is -0.505 e. The standard InChI is InChI=1S/C14H11F3N4O5S/c1-27(25,26)20-11-12(22)7-4-6(10-2-3-18-21(10)24)8(14(15,16)17)5-9(7)19-13(11)23/h2-5,20,24H,1H3,(H2,19,22,23). The number of nitrogens with zero attached hydrogens (tertiary/aromatic N) is 2. The van der Waals surface area contributed by atoms with Crippen LogP contribution in [0.2, 0.25) is 0 Å². The molecule has 0 spiro atoms. The van der Waals surface area contributed by atoms with E-state index in [0.29, 0.717) is 6.07 Å². The third kappa shape index (κ3) is 3.40.